The third-order valence-electron chi connectivity index (χ3n) is 2.46. The zero-order chi connectivity index (χ0) is 15.6. The molecule has 0 aliphatic heterocycles. The van der Waals surface area contributed by atoms with Gasteiger partial charge in [-0.25, -0.2) is 19.6 Å². The van der Waals surface area contributed by atoms with Gasteiger partial charge in [0, 0.05) is 12.1 Å². The molecule has 130 valence electrons. The molecule has 8 nitrogen and oxygen atoms in total. The molecule has 2 aromatic rings. The smallest absolute Gasteiger partial charge is 0.411 e. The number of halogens is 2. The molecule has 10 heteroatoms. The predicted octanol–water partition coefficient (Wildman–Crippen LogP) is -4.88. The third kappa shape index (κ3) is 8.16. The van der Waals surface area contributed by atoms with Crippen molar-refractivity contribution in [1.29, 1.82) is 0 Å². The second kappa shape index (κ2) is 11.9. The summed E-state index contributed by atoms with van der Waals surface area (Å²) in [6, 6.07) is 6.89. The molecule has 2 heterocycles. The first-order valence-corrected chi connectivity index (χ1v) is 6.54. The Morgan fingerprint density at radius 3 is 1.58 bits per heavy atom. The molecule has 0 aromatic carbocycles. The van der Waals surface area contributed by atoms with Crippen molar-refractivity contribution in [2.45, 2.75) is 0 Å². The second-order valence-electron chi connectivity index (χ2n) is 4.11. The molecule has 2 rings (SSSR count). The van der Waals surface area contributed by atoms with Crippen molar-refractivity contribution >= 4 is 23.6 Å². The van der Waals surface area contributed by atoms with Gasteiger partial charge < -0.3 is 34.3 Å². The Morgan fingerprint density at radius 1 is 0.833 bits per heavy atom. The maximum absolute atomic E-state index is 11.4. The molecule has 0 spiro atoms. The lowest BCUT2D eigenvalue weighted by atomic mass is 10.4. The van der Waals surface area contributed by atoms with E-state index in [0.717, 1.165) is 0 Å². The van der Waals surface area contributed by atoms with Gasteiger partial charge in [-0.3, -0.25) is 10.6 Å². The fourth-order valence-electron chi connectivity index (χ4n) is 1.52. The van der Waals surface area contributed by atoms with E-state index in [2.05, 4.69) is 20.6 Å². The largest absolute Gasteiger partial charge is 1.00 e. The number of anilines is 2. The van der Waals surface area contributed by atoms with Crippen molar-refractivity contribution in [3.8, 4) is 0 Å². The first kappa shape index (κ1) is 21.4. The van der Waals surface area contributed by atoms with Crippen LogP contribution in [0.25, 0.3) is 0 Å². The highest BCUT2D eigenvalue weighted by Gasteiger charge is 2.07. The highest BCUT2D eigenvalue weighted by molar-refractivity contribution is 5.84. The number of pyridine rings is 2. The van der Waals surface area contributed by atoms with Gasteiger partial charge in [-0.2, -0.15) is 0 Å². The number of amides is 2. The summed E-state index contributed by atoms with van der Waals surface area (Å²) in [5.41, 5.74) is 1.15. The lowest BCUT2D eigenvalue weighted by molar-refractivity contribution is -0.377. The number of rotatable bonds is 5. The van der Waals surface area contributed by atoms with Crippen LogP contribution in [0.15, 0.2) is 49.1 Å². The van der Waals surface area contributed by atoms with Gasteiger partial charge in [0.1, 0.15) is 24.6 Å². The summed E-state index contributed by atoms with van der Waals surface area (Å²) < 4.78 is 9.74. The Kier molecular flexibility index (Phi) is 10.6. The van der Waals surface area contributed by atoms with Crippen LogP contribution in [-0.4, -0.2) is 25.4 Å². The molecule has 0 bridgehead atoms. The molecule has 0 aliphatic carbocycles. The van der Waals surface area contributed by atoms with Crippen LogP contribution in [0.3, 0.4) is 0 Å². The number of H-pyrrole nitrogens is 2. The fourth-order valence-corrected chi connectivity index (χ4v) is 1.52. The molecule has 0 radical (unpaired) electrons. The molecule has 2 amide bonds. The summed E-state index contributed by atoms with van der Waals surface area (Å²) in [5.74, 6) is 0. The minimum absolute atomic E-state index is 0. The Bertz CT molecular complexity index is 561. The highest BCUT2D eigenvalue weighted by atomic mass is 35.5. The van der Waals surface area contributed by atoms with E-state index in [4.69, 9.17) is 9.47 Å². The van der Waals surface area contributed by atoms with Gasteiger partial charge in [-0.15, -0.1) is 0 Å². The summed E-state index contributed by atoms with van der Waals surface area (Å²) in [6.07, 6.45) is 5.41. The zero-order valence-corrected chi connectivity index (χ0v) is 13.9. The molecule has 4 N–H and O–H groups in total. The molecule has 2 aromatic heterocycles. The topological polar surface area (TPSA) is 105 Å². The molecule has 0 saturated heterocycles. The second-order valence-corrected chi connectivity index (χ2v) is 4.11. The van der Waals surface area contributed by atoms with E-state index < -0.39 is 12.2 Å². The van der Waals surface area contributed by atoms with E-state index in [1.165, 1.54) is 0 Å². The van der Waals surface area contributed by atoms with Crippen LogP contribution in [0.4, 0.5) is 21.0 Å². The van der Waals surface area contributed by atoms with Gasteiger partial charge in [0.05, 0.1) is 0 Å². The minimum Gasteiger partial charge on any atom is -1.00 e. The van der Waals surface area contributed by atoms with Crippen molar-refractivity contribution in [3.63, 3.8) is 0 Å². The summed E-state index contributed by atoms with van der Waals surface area (Å²) >= 11 is 0. The standard InChI is InChI=1S/C14H14N4O4.2ClH/c19-13(17-11-3-1-5-15-9-11)21-7-8-22-14(20)18-12-4-2-6-16-10-12;;/h1-6,9-10H,7-8H2,(H,17,19)(H,18,20);2*1H. The number of hydrogen-bond acceptors (Lipinski definition) is 4. The highest BCUT2D eigenvalue weighted by Crippen LogP contribution is 2.02. The molecule has 0 atom stereocenters. The summed E-state index contributed by atoms with van der Waals surface area (Å²) in [6.45, 7) is -0.0898. The molecular weight excluding hydrogens is 359 g/mol. The number of carbonyl (C=O) groups is 2. The van der Waals surface area contributed by atoms with Gasteiger partial charge in [0.2, 0.25) is 0 Å². The average Bonchev–Trinajstić information content (AvgIpc) is 2.53. The van der Waals surface area contributed by atoms with E-state index >= 15 is 0 Å². The number of nitrogens with one attached hydrogen (secondary N) is 4. The number of hydrogen-bond donors (Lipinski definition) is 2. The van der Waals surface area contributed by atoms with Crippen molar-refractivity contribution in [1.82, 2.24) is 0 Å². The fraction of sp³-hybridized carbons (Fsp3) is 0.143. The van der Waals surface area contributed by atoms with E-state index in [0.29, 0.717) is 11.4 Å². The lowest BCUT2D eigenvalue weighted by Gasteiger charge is -2.07. The van der Waals surface area contributed by atoms with Crippen LogP contribution in [0.1, 0.15) is 0 Å². The van der Waals surface area contributed by atoms with Gasteiger partial charge in [-0.05, 0) is 12.1 Å². The Balaban J connectivity index is 0.00000264. The Labute approximate surface area is 150 Å². The molecule has 24 heavy (non-hydrogen) atoms. The van der Waals surface area contributed by atoms with Gasteiger partial charge in [-0.1, -0.05) is 0 Å². The maximum Gasteiger partial charge on any atom is 0.411 e. The van der Waals surface area contributed by atoms with Crippen LogP contribution in [0, 0.1) is 0 Å². The van der Waals surface area contributed by atoms with Gasteiger partial charge in [0.25, 0.3) is 0 Å². The molecule has 0 unspecified atom stereocenters. The van der Waals surface area contributed by atoms with E-state index in [9.17, 15) is 9.59 Å². The van der Waals surface area contributed by atoms with Crippen molar-refractivity contribution < 1.29 is 53.8 Å². The Hall–Kier alpha value is -2.58. The average molecular weight is 375 g/mol. The quantitative estimate of drug-likeness (QED) is 0.512. The first-order chi connectivity index (χ1) is 10.7. The number of aromatic amines is 2. The van der Waals surface area contributed by atoms with Crippen molar-refractivity contribution in [2.24, 2.45) is 0 Å². The Morgan fingerprint density at radius 2 is 1.25 bits per heavy atom. The van der Waals surface area contributed by atoms with E-state index in [1.54, 1.807) is 49.1 Å². The van der Waals surface area contributed by atoms with Crippen LogP contribution in [-0.2, 0) is 9.47 Å². The number of aromatic nitrogens is 2. The van der Waals surface area contributed by atoms with Gasteiger partial charge in [0.15, 0.2) is 24.8 Å². The SMILES string of the molecule is O=C(Nc1ccc[nH+]c1)OCCOC(=O)Nc1ccc[nH+]c1.[Cl-].[Cl-]. The number of carbonyl (C=O) groups excluding carboxylic acids is 2. The zero-order valence-electron chi connectivity index (χ0n) is 12.4. The van der Waals surface area contributed by atoms with Crippen molar-refractivity contribution in [3.05, 3.63) is 49.1 Å². The normalized spacial score (nSPS) is 8.83. The molecular formula is C14H16Cl2N4O4. The van der Waals surface area contributed by atoms with Crippen LogP contribution in [0.5, 0.6) is 0 Å². The van der Waals surface area contributed by atoms with Gasteiger partial charge >= 0.3 is 12.2 Å². The lowest BCUT2D eigenvalue weighted by Crippen LogP contribution is -3.00. The minimum atomic E-state index is -0.624. The molecule has 0 aliphatic rings. The molecule has 0 fully saturated rings. The molecule has 0 saturated carbocycles. The first-order valence-electron chi connectivity index (χ1n) is 6.54. The van der Waals surface area contributed by atoms with E-state index in [1.807, 2.05) is 0 Å². The maximum atomic E-state index is 11.4. The third-order valence-corrected chi connectivity index (χ3v) is 2.46. The number of ether oxygens (including phenoxy) is 2. The summed E-state index contributed by atoms with van der Waals surface area (Å²) in [7, 11) is 0. The van der Waals surface area contributed by atoms with Crippen LogP contribution < -0.4 is 45.4 Å². The van der Waals surface area contributed by atoms with Crippen LogP contribution >= 0.6 is 0 Å². The van der Waals surface area contributed by atoms with Crippen LogP contribution in [0.2, 0.25) is 0 Å². The monoisotopic (exact) mass is 374 g/mol. The predicted molar refractivity (Wildman–Crippen MR) is 75.9 cm³/mol. The van der Waals surface area contributed by atoms with E-state index in [-0.39, 0.29) is 38.0 Å². The summed E-state index contributed by atoms with van der Waals surface area (Å²) in [4.78, 5) is 28.5. The summed E-state index contributed by atoms with van der Waals surface area (Å²) in [5, 5.41) is 5.03. The van der Waals surface area contributed by atoms with Crippen molar-refractivity contribution in [2.75, 3.05) is 23.8 Å².